The second-order valence-corrected chi connectivity index (χ2v) is 31.8. The van der Waals surface area contributed by atoms with E-state index in [1.54, 1.807) is 34.6 Å². The standard InChI is InChI=1S/C75H131N15O24/c1-35(2)30-38(7)32-39(8)59(97)43(12)64(101)81-46(20-18-27-76)65(102)80-45(23-26-54(93)94)60(98)61(99)72(109)86-56(41(10)42(11)63(79)100)69(106)88-58-62(40(9)37(5)6)114-75(112)52-22-16-17-29-90(52)74(111)49(33-55(95)96)84-70(107)57(44(13)113-15)87-68(105)51(24-25-53(78)92)89(14)73(110)48(31-36(3)4)83-66(103)47(21-19-28-77)82-67(104)50(34-91)85-71(58)108/h35-52,56-62,91,97-99H,16-34,76-77H2,1-15H3,(H2,78,92)(H2,79,100)(H,80,102)(H,81,101)(H,82,104)(H,83,103)(H,84,107)(H,85,108)(H,86,109)(H,87,105)(H,88,106)(H,93,94)(H,95,96)/t38-,39-,40-,41+,42-,43-,44-,45+,46-,47-,48+,49-,50?,51+,52+,56+,57+,58-,59-,60-,61-,62+/m1/s1. The monoisotopic (exact) mass is 1630 g/mol. The fourth-order valence-electron chi connectivity index (χ4n) is 13.8. The van der Waals surface area contributed by atoms with Gasteiger partial charge in [0, 0.05) is 39.5 Å². The van der Waals surface area contributed by atoms with Crippen LogP contribution in [-0.4, -0.2) is 273 Å². The maximum absolute atomic E-state index is 15.5. The van der Waals surface area contributed by atoms with Gasteiger partial charge < -0.3 is 121 Å². The van der Waals surface area contributed by atoms with Crippen LogP contribution in [0.2, 0.25) is 0 Å². The zero-order chi connectivity index (χ0) is 87.0. The van der Waals surface area contributed by atoms with Crippen molar-refractivity contribution in [3.63, 3.8) is 0 Å². The van der Waals surface area contributed by atoms with E-state index >= 15 is 19.2 Å². The van der Waals surface area contributed by atoms with Gasteiger partial charge in [-0.25, -0.2) is 4.79 Å². The molecule has 0 saturated carbocycles. The van der Waals surface area contributed by atoms with Crippen molar-refractivity contribution >= 4 is 94.7 Å². The van der Waals surface area contributed by atoms with Crippen LogP contribution >= 0.6 is 0 Å². The molecule has 0 aromatic heterocycles. The van der Waals surface area contributed by atoms with Gasteiger partial charge in [0.1, 0.15) is 72.6 Å². The van der Waals surface area contributed by atoms with Crippen LogP contribution in [0.25, 0.3) is 0 Å². The summed E-state index contributed by atoms with van der Waals surface area (Å²) in [6, 6.07) is -20.3. The molecule has 0 bridgehead atoms. The summed E-state index contributed by atoms with van der Waals surface area (Å²) in [5.41, 5.74) is 23.0. The Labute approximate surface area is 666 Å². The number of piperidine rings is 1. The quantitative estimate of drug-likeness (QED) is 0.0261. The molecule has 0 aromatic rings. The molecule has 2 aliphatic rings. The Morgan fingerprint density at radius 2 is 1.21 bits per heavy atom. The molecule has 0 aromatic carbocycles. The predicted molar refractivity (Wildman–Crippen MR) is 411 cm³/mol. The molecule has 0 spiro atoms. The number of likely N-dealkylation sites (N-methyl/N-ethyl adjacent to an activating group) is 1. The molecule has 0 radical (unpaired) electrons. The van der Waals surface area contributed by atoms with E-state index in [9.17, 15) is 88.2 Å². The van der Waals surface area contributed by atoms with E-state index < -0.39 is 266 Å². The number of aliphatic hydroxyl groups is 4. The largest absolute Gasteiger partial charge is 0.481 e. The number of methoxy groups -OCH3 is 1. The molecule has 2 rings (SSSR count). The molecule has 2 heterocycles. The third kappa shape index (κ3) is 31.8. The maximum atomic E-state index is 15.5. The number of amides is 13. The van der Waals surface area contributed by atoms with E-state index in [1.165, 1.54) is 34.6 Å². The maximum Gasteiger partial charge on any atom is 0.329 e. The molecule has 2 fully saturated rings. The Kier molecular flexibility index (Phi) is 43.7. The summed E-state index contributed by atoms with van der Waals surface area (Å²) in [6.45, 7) is 19.5. The molecule has 22 atom stereocenters. The number of fused-ring (bicyclic) bond motifs is 1. The van der Waals surface area contributed by atoms with Crippen LogP contribution in [-0.2, 0) is 86.2 Å². The first kappa shape index (κ1) is 101. The molecule has 2 saturated heterocycles. The lowest BCUT2D eigenvalue weighted by atomic mass is 9.83. The summed E-state index contributed by atoms with van der Waals surface area (Å²) in [5.74, 6) is -25.6. The molecule has 114 heavy (non-hydrogen) atoms. The molecule has 23 N–H and O–H groups in total. The van der Waals surface area contributed by atoms with Gasteiger partial charge in [-0.05, 0) is 138 Å². The number of cyclic esters (lactones) is 1. The minimum absolute atomic E-state index is 0.0127. The van der Waals surface area contributed by atoms with Gasteiger partial charge in [-0.3, -0.25) is 71.9 Å². The summed E-state index contributed by atoms with van der Waals surface area (Å²) in [5, 5.41) is 88.1. The van der Waals surface area contributed by atoms with Gasteiger partial charge >= 0.3 is 17.9 Å². The summed E-state index contributed by atoms with van der Waals surface area (Å²) >= 11 is 0. The van der Waals surface area contributed by atoms with E-state index in [0.29, 0.717) is 12.3 Å². The first-order chi connectivity index (χ1) is 53.2. The average molecular weight is 1630 g/mol. The number of aliphatic hydroxyl groups excluding tert-OH is 4. The van der Waals surface area contributed by atoms with Gasteiger partial charge in [0.2, 0.25) is 70.9 Å². The molecule has 39 nitrogen and oxygen atoms in total. The third-order valence-electron chi connectivity index (χ3n) is 21.3. The first-order valence-electron chi connectivity index (χ1n) is 39.3. The van der Waals surface area contributed by atoms with Crippen LogP contribution < -0.4 is 70.8 Å². The number of hydrogen-bond acceptors (Lipinski definition) is 24. The molecule has 13 amide bonds. The lowest BCUT2D eigenvalue weighted by molar-refractivity contribution is -0.168. The normalized spacial score (nSPS) is 24.4. The Balaban J connectivity index is 3.10. The summed E-state index contributed by atoms with van der Waals surface area (Å²) < 4.78 is 11.7. The highest BCUT2D eigenvalue weighted by atomic mass is 16.5. The number of carboxylic acids is 2. The number of nitrogens with two attached hydrogens (primary N) is 4. The van der Waals surface area contributed by atoms with Crippen molar-refractivity contribution in [2.24, 2.45) is 76.2 Å². The number of carbonyl (C=O) groups excluding carboxylic acids is 14. The zero-order valence-corrected chi connectivity index (χ0v) is 68.6. The van der Waals surface area contributed by atoms with Crippen LogP contribution in [0.5, 0.6) is 0 Å². The third-order valence-corrected chi connectivity index (χ3v) is 21.3. The SMILES string of the molecule is CO[C@H](C)[C@@H]1NC(=O)[C@H](CCC(N)=O)N(C)C(=O)[C@H](CC(C)C)NC(=O)[C@@H](CCCN)NC(=O)C(CO)NC(=O)[C@H](NC(=O)[C@@H](NC(=O)[C@H](O)[C@H](O)[C@H](CCC(=O)O)NC(=O)[C@@H](CCCN)NC(=O)[C@H](C)[C@H](O)[C@H](C)C[C@H](C)CC(C)C)[C@@H](C)[C@@H](C)C(N)=O)[C@H]([C@H](C)C(C)C)OC(=O)[C@@H]2CCCCN2C(=O)[C@@H](CC(=O)O)NC1=O. The van der Waals surface area contributed by atoms with Crippen molar-refractivity contribution in [1.82, 2.24) is 57.7 Å². The average Bonchev–Trinajstić information content (AvgIpc) is 0.830. The van der Waals surface area contributed by atoms with Crippen molar-refractivity contribution in [1.29, 1.82) is 0 Å². The number of rotatable bonds is 40. The Morgan fingerprint density at radius 1 is 0.614 bits per heavy atom. The minimum Gasteiger partial charge on any atom is -0.481 e. The minimum atomic E-state index is -2.73. The fraction of sp³-hybridized carbons (Fsp3) is 0.787. The molecule has 650 valence electrons. The zero-order valence-electron chi connectivity index (χ0n) is 68.6. The lowest BCUT2D eigenvalue weighted by Gasteiger charge is -2.39. The van der Waals surface area contributed by atoms with Gasteiger partial charge in [0.25, 0.3) is 5.91 Å². The number of esters is 1. The molecule has 0 aliphatic carbocycles. The van der Waals surface area contributed by atoms with Crippen molar-refractivity contribution in [2.45, 2.75) is 283 Å². The van der Waals surface area contributed by atoms with E-state index in [-0.39, 0.29) is 82.8 Å². The Hall–Kier alpha value is -8.76. The van der Waals surface area contributed by atoms with Crippen LogP contribution in [0.1, 0.15) is 186 Å². The van der Waals surface area contributed by atoms with Crippen molar-refractivity contribution < 1.29 is 117 Å². The van der Waals surface area contributed by atoms with E-state index in [1.807, 2.05) is 6.92 Å². The molecular formula is C75H131N15O24. The van der Waals surface area contributed by atoms with Crippen molar-refractivity contribution in [2.75, 3.05) is 40.4 Å². The molecular weight excluding hydrogens is 1490 g/mol. The number of hydrogen-bond donors (Lipinski definition) is 19. The predicted octanol–water partition coefficient (Wildman–Crippen LogP) is -3.88. The summed E-state index contributed by atoms with van der Waals surface area (Å²) in [6.07, 6.45) is -12.1. The van der Waals surface area contributed by atoms with Gasteiger partial charge in [0.15, 0.2) is 6.10 Å². The molecule has 39 heteroatoms. The number of carbonyl (C=O) groups is 16. The number of primary amides is 2. The van der Waals surface area contributed by atoms with Crippen LogP contribution in [0.15, 0.2) is 0 Å². The highest BCUT2D eigenvalue weighted by molar-refractivity contribution is 6.00. The van der Waals surface area contributed by atoms with E-state index in [4.69, 9.17) is 32.4 Å². The van der Waals surface area contributed by atoms with Gasteiger partial charge in [-0.15, -0.1) is 0 Å². The number of carboxylic acid groups (broad SMARTS) is 2. The van der Waals surface area contributed by atoms with Gasteiger partial charge in [-0.1, -0.05) is 83.1 Å². The topological polar surface area (TPSA) is 632 Å². The second kappa shape index (κ2) is 49.2. The lowest BCUT2D eigenvalue weighted by Crippen LogP contribution is -2.65. The van der Waals surface area contributed by atoms with Crippen LogP contribution in [0.3, 0.4) is 0 Å². The molecule has 1 unspecified atom stereocenters. The first-order valence-corrected chi connectivity index (χ1v) is 39.3. The fourth-order valence-corrected chi connectivity index (χ4v) is 13.8. The van der Waals surface area contributed by atoms with E-state index in [2.05, 4.69) is 61.7 Å². The number of nitrogens with one attached hydrogen (secondary N) is 9. The highest BCUT2D eigenvalue weighted by Gasteiger charge is 2.48. The van der Waals surface area contributed by atoms with E-state index in [0.717, 1.165) is 30.4 Å². The van der Waals surface area contributed by atoms with Crippen LogP contribution in [0.4, 0.5) is 0 Å². The highest BCUT2D eigenvalue weighted by Crippen LogP contribution is 2.29. The van der Waals surface area contributed by atoms with Crippen molar-refractivity contribution in [3.05, 3.63) is 0 Å². The summed E-state index contributed by atoms with van der Waals surface area (Å²) in [4.78, 5) is 229. The summed E-state index contributed by atoms with van der Waals surface area (Å²) in [7, 11) is 2.31. The Bertz CT molecular complexity index is 3260. The molecule has 2 aliphatic heterocycles. The number of aliphatic carboxylic acids is 2. The Morgan fingerprint density at radius 3 is 1.75 bits per heavy atom. The second-order valence-electron chi connectivity index (χ2n) is 31.8. The van der Waals surface area contributed by atoms with Crippen LogP contribution in [0, 0.1) is 53.3 Å². The smallest absolute Gasteiger partial charge is 0.329 e. The van der Waals surface area contributed by atoms with Gasteiger partial charge in [-0.2, -0.15) is 0 Å². The number of nitrogens with zero attached hydrogens (tertiary/aromatic N) is 2. The van der Waals surface area contributed by atoms with Crippen molar-refractivity contribution in [3.8, 4) is 0 Å². The number of ether oxygens (including phenoxy) is 2. The van der Waals surface area contributed by atoms with Gasteiger partial charge in [0.05, 0.1) is 37.2 Å².